The molecule has 0 bridgehead atoms. The summed E-state index contributed by atoms with van der Waals surface area (Å²) in [6, 6.07) is 3.20. The molecule has 16 heavy (non-hydrogen) atoms. The standard InChI is InChI=1S/C11H11ClO4/c1-6-4-5-9(15-7(2)13)10(12)11(6)16-8(3)14/h4-5H,1-3H3. The van der Waals surface area contributed by atoms with Gasteiger partial charge in [-0.1, -0.05) is 17.7 Å². The molecule has 1 rings (SSSR count). The average Bonchev–Trinajstić information content (AvgIpc) is 2.16. The first kappa shape index (κ1) is 12.5. The summed E-state index contributed by atoms with van der Waals surface area (Å²) in [6.07, 6.45) is 0. The van der Waals surface area contributed by atoms with Crippen molar-refractivity contribution in [1.82, 2.24) is 0 Å². The maximum atomic E-state index is 10.9. The van der Waals surface area contributed by atoms with Gasteiger partial charge < -0.3 is 9.47 Å². The fraction of sp³-hybridized carbons (Fsp3) is 0.273. The summed E-state index contributed by atoms with van der Waals surface area (Å²) in [6.45, 7) is 4.28. The number of esters is 2. The molecule has 0 spiro atoms. The minimum atomic E-state index is -0.487. The van der Waals surface area contributed by atoms with Crippen molar-refractivity contribution in [2.24, 2.45) is 0 Å². The van der Waals surface area contributed by atoms with E-state index in [0.717, 1.165) is 0 Å². The predicted octanol–water partition coefficient (Wildman–Crippen LogP) is 2.50. The summed E-state index contributed by atoms with van der Waals surface area (Å²) in [5.41, 5.74) is 0.691. The van der Waals surface area contributed by atoms with Gasteiger partial charge in [-0.2, -0.15) is 0 Å². The first-order chi connectivity index (χ1) is 7.41. The molecule has 86 valence electrons. The summed E-state index contributed by atoms with van der Waals surface area (Å²) < 4.78 is 9.80. The van der Waals surface area contributed by atoms with Crippen molar-refractivity contribution in [1.29, 1.82) is 0 Å². The van der Waals surface area contributed by atoms with Crippen LogP contribution in [-0.2, 0) is 9.59 Å². The van der Waals surface area contributed by atoms with Crippen LogP contribution in [0.15, 0.2) is 12.1 Å². The van der Waals surface area contributed by atoms with Crippen LogP contribution in [0.1, 0.15) is 19.4 Å². The van der Waals surface area contributed by atoms with E-state index in [0.29, 0.717) is 5.56 Å². The van der Waals surface area contributed by atoms with Gasteiger partial charge in [-0.3, -0.25) is 9.59 Å². The molecule has 0 aliphatic carbocycles. The highest BCUT2D eigenvalue weighted by Crippen LogP contribution is 2.36. The normalized spacial score (nSPS) is 9.75. The highest BCUT2D eigenvalue weighted by atomic mass is 35.5. The monoisotopic (exact) mass is 242 g/mol. The Morgan fingerprint density at radius 2 is 1.69 bits per heavy atom. The van der Waals surface area contributed by atoms with Gasteiger partial charge in [0.1, 0.15) is 5.02 Å². The molecule has 0 amide bonds. The number of ether oxygens (including phenoxy) is 2. The molecule has 0 aromatic heterocycles. The lowest BCUT2D eigenvalue weighted by atomic mass is 10.2. The quantitative estimate of drug-likeness (QED) is 0.591. The molecule has 0 atom stereocenters. The molecule has 0 unspecified atom stereocenters. The molecule has 0 fully saturated rings. The van der Waals surface area contributed by atoms with Crippen molar-refractivity contribution in [3.63, 3.8) is 0 Å². The Morgan fingerprint density at radius 3 is 2.19 bits per heavy atom. The van der Waals surface area contributed by atoms with Gasteiger partial charge in [0, 0.05) is 13.8 Å². The Balaban J connectivity index is 3.15. The number of hydrogen-bond donors (Lipinski definition) is 0. The SMILES string of the molecule is CC(=O)Oc1ccc(C)c(OC(C)=O)c1Cl. The van der Waals surface area contributed by atoms with Crippen LogP contribution in [0.5, 0.6) is 11.5 Å². The molecule has 0 aliphatic heterocycles. The Hall–Kier alpha value is -1.55. The first-order valence-corrected chi connectivity index (χ1v) is 4.95. The van der Waals surface area contributed by atoms with Gasteiger partial charge in [-0.15, -0.1) is 0 Å². The van der Waals surface area contributed by atoms with Crippen molar-refractivity contribution in [3.05, 3.63) is 22.7 Å². The lowest BCUT2D eigenvalue weighted by Crippen LogP contribution is -2.06. The summed E-state index contributed by atoms with van der Waals surface area (Å²) in [5.74, 6) is -0.576. The lowest BCUT2D eigenvalue weighted by molar-refractivity contribution is -0.132. The molecule has 1 aromatic carbocycles. The number of aryl methyl sites for hydroxylation is 1. The zero-order chi connectivity index (χ0) is 12.3. The van der Waals surface area contributed by atoms with Crippen LogP contribution >= 0.6 is 11.6 Å². The lowest BCUT2D eigenvalue weighted by Gasteiger charge is -2.11. The molecule has 0 saturated carbocycles. The molecule has 1 aromatic rings. The average molecular weight is 243 g/mol. The van der Waals surface area contributed by atoms with E-state index >= 15 is 0 Å². The Bertz CT molecular complexity index is 440. The number of rotatable bonds is 2. The predicted molar refractivity (Wildman–Crippen MR) is 58.8 cm³/mol. The smallest absolute Gasteiger partial charge is 0.308 e. The summed E-state index contributed by atoms with van der Waals surface area (Å²) >= 11 is 5.95. The van der Waals surface area contributed by atoms with Crippen molar-refractivity contribution in [2.75, 3.05) is 0 Å². The number of carbonyl (C=O) groups is 2. The van der Waals surface area contributed by atoms with E-state index in [1.807, 2.05) is 0 Å². The molecular weight excluding hydrogens is 232 g/mol. The van der Waals surface area contributed by atoms with Crippen molar-refractivity contribution >= 4 is 23.5 Å². The Kier molecular flexibility index (Phi) is 3.90. The summed E-state index contributed by atoms with van der Waals surface area (Å²) in [5, 5.41) is 0.116. The molecule has 0 saturated heterocycles. The van der Waals surface area contributed by atoms with Gasteiger partial charge >= 0.3 is 11.9 Å². The van der Waals surface area contributed by atoms with Crippen molar-refractivity contribution in [2.45, 2.75) is 20.8 Å². The van der Waals surface area contributed by atoms with Crippen LogP contribution in [0.4, 0.5) is 0 Å². The Morgan fingerprint density at radius 1 is 1.12 bits per heavy atom. The zero-order valence-electron chi connectivity index (χ0n) is 9.17. The first-order valence-electron chi connectivity index (χ1n) is 4.57. The third-order valence-electron chi connectivity index (χ3n) is 1.76. The fourth-order valence-corrected chi connectivity index (χ4v) is 1.43. The van der Waals surface area contributed by atoms with Crippen LogP contribution in [0.3, 0.4) is 0 Å². The van der Waals surface area contributed by atoms with E-state index in [1.165, 1.54) is 13.8 Å². The van der Waals surface area contributed by atoms with Gasteiger partial charge in [-0.25, -0.2) is 0 Å². The second kappa shape index (κ2) is 4.99. The summed E-state index contributed by atoms with van der Waals surface area (Å²) in [4.78, 5) is 21.7. The van der Waals surface area contributed by atoms with Crippen LogP contribution in [0, 0.1) is 6.92 Å². The number of benzene rings is 1. The third kappa shape index (κ3) is 2.97. The maximum absolute atomic E-state index is 10.9. The minimum absolute atomic E-state index is 0.116. The van der Waals surface area contributed by atoms with Crippen LogP contribution in [0.25, 0.3) is 0 Å². The molecule has 5 heteroatoms. The largest absolute Gasteiger partial charge is 0.425 e. The van der Waals surface area contributed by atoms with E-state index in [9.17, 15) is 9.59 Å². The van der Waals surface area contributed by atoms with Gasteiger partial charge in [0.05, 0.1) is 0 Å². The van der Waals surface area contributed by atoms with Crippen LogP contribution in [0.2, 0.25) is 5.02 Å². The molecule has 4 nitrogen and oxygen atoms in total. The molecule has 0 aliphatic rings. The number of hydrogen-bond acceptors (Lipinski definition) is 4. The van der Waals surface area contributed by atoms with Gasteiger partial charge in [0.25, 0.3) is 0 Å². The van der Waals surface area contributed by atoms with E-state index < -0.39 is 11.9 Å². The highest BCUT2D eigenvalue weighted by Gasteiger charge is 2.14. The fourth-order valence-electron chi connectivity index (χ4n) is 1.14. The van der Waals surface area contributed by atoms with Crippen molar-refractivity contribution < 1.29 is 19.1 Å². The zero-order valence-corrected chi connectivity index (χ0v) is 9.92. The molecule has 0 heterocycles. The van der Waals surface area contributed by atoms with E-state index in [2.05, 4.69) is 0 Å². The van der Waals surface area contributed by atoms with E-state index in [-0.39, 0.29) is 16.5 Å². The minimum Gasteiger partial charge on any atom is -0.425 e. The topological polar surface area (TPSA) is 52.6 Å². The molecule has 0 N–H and O–H groups in total. The Labute approximate surface area is 98.1 Å². The van der Waals surface area contributed by atoms with E-state index in [1.54, 1.807) is 19.1 Å². The molecular formula is C11H11ClO4. The number of carbonyl (C=O) groups excluding carboxylic acids is 2. The second-order valence-electron chi connectivity index (χ2n) is 3.21. The van der Waals surface area contributed by atoms with Gasteiger partial charge in [0.15, 0.2) is 11.5 Å². The molecule has 0 radical (unpaired) electrons. The van der Waals surface area contributed by atoms with Crippen LogP contribution in [-0.4, -0.2) is 11.9 Å². The maximum Gasteiger partial charge on any atom is 0.308 e. The number of halogens is 1. The third-order valence-corrected chi connectivity index (χ3v) is 2.12. The second-order valence-corrected chi connectivity index (χ2v) is 3.59. The summed E-state index contributed by atoms with van der Waals surface area (Å²) in [7, 11) is 0. The highest BCUT2D eigenvalue weighted by molar-refractivity contribution is 6.33. The van der Waals surface area contributed by atoms with Gasteiger partial charge in [-0.05, 0) is 18.6 Å². The van der Waals surface area contributed by atoms with E-state index in [4.69, 9.17) is 21.1 Å². The van der Waals surface area contributed by atoms with Gasteiger partial charge in [0.2, 0.25) is 0 Å². The van der Waals surface area contributed by atoms with Crippen LogP contribution < -0.4 is 9.47 Å². The van der Waals surface area contributed by atoms with Crippen molar-refractivity contribution in [3.8, 4) is 11.5 Å².